The van der Waals surface area contributed by atoms with Gasteiger partial charge < -0.3 is 19.3 Å². The third-order valence-electron chi connectivity index (χ3n) is 6.07. The van der Waals surface area contributed by atoms with E-state index in [1.165, 1.54) is 12.5 Å². The number of benzene rings is 1. The Bertz CT molecular complexity index is 1230. The number of carboxylic acid groups (broad SMARTS) is 1. The molecular formula is C23H25NO6. The van der Waals surface area contributed by atoms with Gasteiger partial charge >= 0.3 is 11.6 Å². The largest absolute Gasteiger partial charge is 0.480 e. The summed E-state index contributed by atoms with van der Waals surface area (Å²) in [5.74, 6) is -0.494. The summed E-state index contributed by atoms with van der Waals surface area (Å²) in [5, 5.41) is 13.2. The van der Waals surface area contributed by atoms with Crippen LogP contribution in [0.4, 0.5) is 0 Å². The van der Waals surface area contributed by atoms with Crippen LogP contribution in [0.1, 0.15) is 54.2 Å². The highest BCUT2D eigenvalue weighted by atomic mass is 16.4. The van der Waals surface area contributed by atoms with Gasteiger partial charge in [0.15, 0.2) is 0 Å². The number of fused-ring (bicyclic) bond motifs is 4. The van der Waals surface area contributed by atoms with Gasteiger partial charge in [-0.25, -0.2) is 4.79 Å². The molecule has 0 bridgehead atoms. The average molecular weight is 411 g/mol. The molecule has 1 aliphatic rings. The third-order valence-corrected chi connectivity index (χ3v) is 6.07. The highest BCUT2D eigenvalue weighted by molar-refractivity contribution is 6.00. The summed E-state index contributed by atoms with van der Waals surface area (Å²) in [6.07, 6.45) is 4.36. The molecule has 1 atom stereocenters. The van der Waals surface area contributed by atoms with Gasteiger partial charge in [0.05, 0.1) is 0 Å². The molecule has 0 radical (unpaired) electrons. The molecule has 0 aliphatic heterocycles. The van der Waals surface area contributed by atoms with E-state index in [9.17, 15) is 14.4 Å². The lowest BCUT2D eigenvalue weighted by atomic mass is 9.93. The van der Waals surface area contributed by atoms with Gasteiger partial charge in [0.2, 0.25) is 5.91 Å². The molecule has 2 N–H and O–H groups in total. The lowest BCUT2D eigenvalue weighted by molar-refractivity contribution is -0.141. The fourth-order valence-electron chi connectivity index (χ4n) is 4.32. The molecule has 1 aromatic carbocycles. The van der Waals surface area contributed by atoms with Crippen molar-refractivity contribution in [2.45, 2.75) is 65.3 Å². The molecule has 0 spiro atoms. The molecule has 158 valence electrons. The Morgan fingerprint density at radius 1 is 1.10 bits per heavy atom. The van der Waals surface area contributed by atoms with Gasteiger partial charge in [-0.3, -0.25) is 9.59 Å². The van der Waals surface area contributed by atoms with E-state index in [2.05, 4.69) is 5.32 Å². The summed E-state index contributed by atoms with van der Waals surface area (Å²) in [7, 11) is 0. The van der Waals surface area contributed by atoms with E-state index in [1.54, 1.807) is 0 Å². The van der Waals surface area contributed by atoms with Crippen molar-refractivity contribution < 1.29 is 23.5 Å². The highest BCUT2D eigenvalue weighted by Gasteiger charge is 2.23. The summed E-state index contributed by atoms with van der Waals surface area (Å²) in [4.78, 5) is 35.6. The van der Waals surface area contributed by atoms with Gasteiger partial charge in [-0.2, -0.15) is 0 Å². The average Bonchev–Trinajstić information content (AvgIpc) is 3.08. The molecule has 4 rings (SSSR count). The molecule has 0 saturated carbocycles. The summed E-state index contributed by atoms with van der Waals surface area (Å²) in [6.45, 7) is 5.17. The summed E-state index contributed by atoms with van der Waals surface area (Å²) in [6, 6.07) is 1.06. The van der Waals surface area contributed by atoms with Crippen molar-refractivity contribution in [3.05, 3.63) is 44.5 Å². The number of furan rings is 1. The number of carbonyl (C=O) groups excluding carboxylic acids is 1. The number of hydrogen-bond acceptors (Lipinski definition) is 5. The molecule has 2 heterocycles. The van der Waals surface area contributed by atoms with Crippen LogP contribution < -0.4 is 10.9 Å². The number of nitrogens with one attached hydrogen (secondary N) is 1. The van der Waals surface area contributed by atoms with Crippen molar-refractivity contribution in [3.63, 3.8) is 0 Å². The van der Waals surface area contributed by atoms with Crippen molar-refractivity contribution in [1.29, 1.82) is 0 Å². The van der Waals surface area contributed by atoms with E-state index in [0.717, 1.165) is 58.9 Å². The number of aliphatic carboxylic acids is 1. The predicted molar refractivity (Wildman–Crippen MR) is 112 cm³/mol. The van der Waals surface area contributed by atoms with Crippen LogP contribution in [-0.4, -0.2) is 23.0 Å². The first-order valence-corrected chi connectivity index (χ1v) is 10.3. The fraction of sp³-hybridized carbons (Fsp3) is 0.435. The molecule has 3 aromatic rings. The van der Waals surface area contributed by atoms with Gasteiger partial charge in [0, 0.05) is 40.3 Å². The van der Waals surface area contributed by atoms with E-state index < -0.39 is 23.5 Å². The number of hydrogen-bond donors (Lipinski definition) is 2. The van der Waals surface area contributed by atoms with Gasteiger partial charge in [-0.1, -0.05) is 0 Å². The van der Waals surface area contributed by atoms with E-state index in [1.807, 2.05) is 19.9 Å². The second-order valence-electron chi connectivity index (χ2n) is 8.09. The Balaban J connectivity index is 1.73. The minimum Gasteiger partial charge on any atom is -0.480 e. The summed E-state index contributed by atoms with van der Waals surface area (Å²) in [5.41, 5.74) is 4.12. The highest BCUT2D eigenvalue weighted by Crippen LogP contribution is 2.37. The maximum Gasteiger partial charge on any atom is 0.339 e. The number of carbonyl (C=O) groups is 2. The third kappa shape index (κ3) is 3.38. The van der Waals surface area contributed by atoms with Crippen molar-refractivity contribution in [3.8, 4) is 0 Å². The lowest BCUT2D eigenvalue weighted by Gasteiger charge is -2.12. The Hall–Kier alpha value is -3.09. The standard InChI is InChI=1S/C23H25NO6/c1-11-14(8-9-19(25)24-13(3)22(26)27)23(28)30-20-12(2)21-17(10-16(11)20)15-6-4-5-7-18(15)29-21/h10,13H,4-9H2,1-3H3,(H,24,25)(H,26,27)/t13-/m0/s1. The molecule has 7 nitrogen and oxygen atoms in total. The molecule has 30 heavy (non-hydrogen) atoms. The van der Waals surface area contributed by atoms with Crippen molar-refractivity contribution in [2.75, 3.05) is 0 Å². The van der Waals surface area contributed by atoms with Gasteiger partial charge in [0.25, 0.3) is 0 Å². The van der Waals surface area contributed by atoms with Crippen LogP contribution >= 0.6 is 0 Å². The number of amides is 1. The molecule has 0 unspecified atom stereocenters. The zero-order chi connectivity index (χ0) is 21.6. The molecular weight excluding hydrogens is 386 g/mol. The first-order chi connectivity index (χ1) is 14.3. The topological polar surface area (TPSA) is 110 Å². The molecule has 1 amide bonds. The quantitative estimate of drug-likeness (QED) is 0.621. The smallest absolute Gasteiger partial charge is 0.339 e. The van der Waals surface area contributed by atoms with Crippen LogP contribution in [0.2, 0.25) is 0 Å². The number of aryl methyl sites for hydroxylation is 4. The Labute approximate surface area is 173 Å². The zero-order valence-electron chi connectivity index (χ0n) is 17.4. The summed E-state index contributed by atoms with van der Waals surface area (Å²) >= 11 is 0. The van der Waals surface area contributed by atoms with Crippen LogP contribution in [0.15, 0.2) is 19.7 Å². The monoisotopic (exact) mass is 411 g/mol. The first-order valence-electron chi connectivity index (χ1n) is 10.3. The number of rotatable bonds is 5. The molecule has 1 aliphatic carbocycles. The van der Waals surface area contributed by atoms with E-state index in [4.69, 9.17) is 13.9 Å². The van der Waals surface area contributed by atoms with Gasteiger partial charge in [-0.15, -0.1) is 0 Å². The Kier molecular flexibility index (Phi) is 5.13. The number of carboxylic acids is 1. The summed E-state index contributed by atoms with van der Waals surface area (Å²) < 4.78 is 11.8. The fourth-order valence-corrected chi connectivity index (χ4v) is 4.32. The van der Waals surface area contributed by atoms with Crippen LogP contribution in [0.25, 0.3) is 21.9 Å². The first kappa shape index (κ1) is 20.2. The van der Waals surface area contributed by atoms with E-state index in [-0.39, 0.29) is 12.8 Å². The van der Waals surface area contributed by atoms with Crippen LogP contribution in [-0.2, 0) is 28.9 Å². The van der Waals surface area contributed by atoms with Gasteiger partial charge in [0.1, 0.15) is 23.0 Å². The van der Waals surface area contributed by atoms with E-state index in [0.29, 0.717) is 11.1 Å². The van der Waals surface area contributed by atoms with E-state index >= 15 is 0 Å². The van der Waals surface area contributed by atoms with Crippen molar-refractivity contribution in [2.24, 2.45) is 0 Å². The Morgan fingerprint density at radius 3 is 2.53 bits per heavy atom. The van der Waals surface area contributed by atoms with Crippen molar-refractivity contribution >= 4 is 33.8 Å². The minimum absolute atomic E-state index is 0.0110. The maximum atomic E-state index is 12.7. The predicted octanol–water partition coefficient (Wildman–Crippen LogP) is 3.56. The molecule has 0 saturated heterocycles. The second-order valence-corrected chi connectivity index (χ2v) is 8.09. The van der Waals surface area contributed by atoms with Crippen LogP contribution in [0.3, 0.4) is 0 Å². The minimum atomic E-state index is -1.10. The van der Waals surface area contributed by atoms with Gasteiger partial charge in [-0.05, 0) is 58.1 Å². The molecule has 7 heteroatoms. The molecule has 0 fully saturated rings. The normalized spacial score (nSPS) is 14.6. The van der Waals surface area contributed by atoms with Crippen LogP contribution in [0, 0.1) is 13.8 Å². The van der Waals surface area contributed by atoms with Crippen LogP contribution in [0.5, 0.6) is 0 Å². The lowest BCUT2D eigenvalue weighted by Crippen LogP contribution is -2.38. The van der Waals surface area contributed by atoms with Crippen molar-refractivity contribution in [1.82, 2.24) is 5.32 Å². The SMILES string of the molecule is Cc1c(CCC(=O)N[C@@H](C)C(=O)O)c(=O)oc2c(C)c3oc4c(c3cc12)CCCC4. The Morgan fingerprint density at radius 2 is 1.80 bits per heavy atom. The maximum absolute atomic E-state index is 12.7. The zero-order valence-corrected chi connectivity index (χ0v) is 17.4. The molecule has 2 aromatic heterocycles. The second kappa shape index (κ2) is 7.63.